The van der Waals surface area contributed by atoms with Gasteiger partial charge >= 0.3 is 5.97 Å². The number of carboxylic acid groups (broad SMARTS) is 1. The predicted octanol–water partition coefficient (Wildman–Crippen LogP) is 0.309. The van der Waals surface area contributed by atoms with E-state index in [9.17, 15) is 14.4 Å². The molecular weight excluding hydrogens is 260 g/mol. The molecular formula is C14H16N2O4. The Morgan fingerprint density at radius 2 is 2.00 bits per heavy atom. The van der Waals surface area contributed by atoms with Crippen molar-refractivity contribution in [3.8, 4) is 0 Å². The van der Waals surface area contributed by atoms with Gasteiger partial charge in [-0.25, -0.2) is 0 Å². The van der Waals surface area contributed by atoms with Gasteiger partial charge in [-0.05, 0) is 37.0 Å². The Bertz CT molecular complexity index is 564. The molecule has 2 amide bonds. The van der Waals surface area contributed by atoms with Gasteiger partial charge < -0.3 is 16.2 Å². The largest absolute Gasteiger partial charge is 0.480 e. The highest BCUT2D eigenvalue weighted by Crippen LogP contribution is 2.45. The lowest BCUT2D eigenvalue weighted by molar-refractivity contribution is -0.149. The third-order valence-electron chi connectivity index (χ3n) is 3.50. The number of nitrogens with two attached hydrogens (primary N) is 1. The summed E-state index contributed by atoms with van der Waals surface area (Å²) in [5, 5.41) is 11.6. The first-order chi connectivity index (χ1) is 9.45. The zero-order valence-corrected chi connectivity index (χ0v) is 10.9. The number of aliphatic carboxylic acids is 1. The molecule has 1 saturated carbocycles. The average Bonchev–Trinajstić information content (AvgIpc) is 3.20. The summed E-state index contributed by atoms with van der Waals surface area (Å²) >= 11 is 0. The molecule has 1 aliphatic carbocycles. The quantitative estimate of drug-likeness (QED) is 0.649. The molecule has 0 heterocycles. The summed E-state index contributed by atoms with van der Waals surface area (Å²) in [4.78, 5) is 33.8. The zero-order chi connectivity index (χ0) is 14.8. The number of carbonyl (C=O) groups is 3. The summed E-state index contributed by atoms with van der Waals surface area (Å²) in [5.41, 5.74) is 5.25. The van der Waals surface area contributed by atoms with Gasteiger partial charge in [0.15, 0.2) is 0 Å². The first kappa shape index (κ1) is 14.0. The van der Waals surface area contributed by atoms with Gasteiger partial charge in [-0.15, -0.1) is 0 Å². The number of nitrogens with one attached hydrogen (secondary N) is 1. The van der Waals surface area contributed by atoms with Crippen LogP contribution in [0.5, 0.6) is 0 Å². The van der Waals surface area contributed by atoms with Crippen LogP contribution < -0.4 is 11.1 Å². The third kappa shape index (κ3) is 2.79. The Balaban J connectivity index is 1.87. The van der Waals surface area contributed by atoms with Gasteiger partial charge in [0.05, 0.1) is 0 Å². The summed E-state index contributed by atoms with van der Waals surface area (Å²) < 4.78 is 0. The minimum Gasteiger partial charge on any atom is -0.480 e. The van der Waals surface area contributed by atoms with Crippen LogP contribution in [0.2, 0.25) is 0 Å². The van der Waals surface area contributed by atoms with Crippen molar-refractivity contribution in [3.05, 3.63) is 35.4 Å². The Kier molecular flexibility index (Phi) is 3.74. The molecule has 2 rings (SSSR count). The average molecular weight is 276 g/mol. The minimum atomic E-state index is -1.21. The summed E-state index contributed by atoms with van der Waals surface area (Å²) in [5.74, 6) is -2.00. The number of amides is 2. The van der Waals surface area contributed by atoms with Crippen LogP contribution in [0.3, 0.4) is 0 Å². The molecule has 0 spiro atoms. The van der Waals surface area contributed by atoms with Gasteiger partial charge in [0.25, 0.3) is 0 Å². The summed E-state index contributed by atoms with van der Waals surface area (Å²) in [6, 6.07) is 6.83. The van der Waals surface area contributed by atoms with E-state index in [1.165, 1.54) is 0 Å². The minimum absolute atomic E-state index is 0.329. The molecule has 6 nitrogen and oxygen atoms in total. The molecule has 1 aliphatic rings. The fraction of sp³-hybridized carbons (Fsp3) is 0.357. The number of carboxylic acids is 1. The Morgan fingerprint density at radius 1 is 1.30 bits per heavy atom. The predicted molar refractivity (Wildman–Crippen MR) is 71.0 cm³/mol. The number of primary amides is 1. The molecule has 0 bridgehead atoms. The van der Waals surface area contributed by atoms with Crippen LogP contribution in [0.15, 0.2) is 24.3 Å². The van der Waals surface area contributed by atoms with Crippen LogP contribution in [0, 0.1) is 5.41 Å². The maximum Gasteiger partial charge on any atom is 0.319 e. The van der Waals surface area contributed by atoms with Gasteiger partial charge in [-0.1, -0.05) is 12.1 Å². The first-order valence-corrected chi connectivity index (χ1v) is 6.36. The summed E-state index contributed by atoms with van der Waals surface area (Å²) in [7, 11) is 0. The van der Waals surface area contributed by atoms with E-state index in [1.54, 1.807) is 18.2 Å². The molecule has 6 heteroatoms. The highest BCUT2D eigenvalue weighted by molar-refractivity contribution is 6.04. The van der Waals surface area contributed by atoms with Crippen molar-refractivity contribution < 1.29 is 19.5 Å². The second-order valence-electron chi connectivity index (χ2n) is 4.96. The number of benzene rings is 1. The van der Waals surface area contributed by atoms with Crippen molar-refractivity contribution in [3.63, 3.8) is 0 Å². The normalized spacial score (nSPS) is 15.4. The smallest absolute Gasteiger partial charge is 0.319 e. The molecule has 1 fully saturated rings. The van der Waals surface area contributed by atoms with Crippen LogP contribution in [0.1, 0.15) is 28.8 Å². The van der Waals surface area contributed by atoms with Gasteiger partial charge in [0.2, 0.25) is 11.8 Å². The Labute approximate surface area is 116 Å². The maximum atomic E-state index is 11.8. The Morgan fingerprint density at radius 3 is 2.55 bits per heavy atom. The fourth-order valence-corrected chi connectivity index (χ4v) is 2.03. The molecule has 0 aliphatic heterocycles. The molecule has 0 saturated heterocycles. The van der Waals surface area contributed by atoms with E-state index in [4.69, 9.17) is 10.8 Å². The molecule has 106 valence electrons. The van der Waals surface area contributed by atoms with Crippen LogP contribution in [-0.4, -0.2) is 29.4 Å². The molecule has 0 aromatic heterocycles. The second kappa shape index (κ2) is 5.32. The molecule has 0 unspecified atom stereocenters. The lowest BCUT2D eigenvalue weighted by Crippen LogP contribution is -2.37. The number of rotatable bonds is 6. The molecule has 1 aromatic rings. The lowest BCUT2D eigenvalue weighted by Gasteiger charge is -2.10. The van der Waals surface area contributed by atoms with Crippen molar-refractivity contribution in [1.29, 1.82) is 0 Å². The van der Waals surface area contributed by atoms with Crippen LogP contribution in [-0.2, 0) is 16.0 Å². The summed E-state index contributed by atoms with van der Waals surface area (Å²) in [6.45, 7) is 0.329. The van der Waals surface area contributed by atoms with Crippen molar-refractivity contribution in [2.75, 3.05) is 6.54 Å². The molecule has 20 heavy (non-hydrogen) atoms. The SMILES string of the molecule is NC(=O)c1cccc(CCNC(=O)C2(C(=O)O)CC2)c1. The van der Waals surface area contributed by atoms with Crippen LogP contribution >= 0.6 is 0 Å². The van der Waals surface area contributed by atoms with E-state index >= 15 is 0 Å². The van der Waals surface area contributed by atoms with E-state index in [-0.39, 0.29) is 0 Å². The maximum absolute atomic E-state index is 11.8. The van der Waals surface area contributed by atoms with E-state index in [1.807, 2.05) is 6.07 Å². The molecule has 0 radical (unpaired) electrons. The molecule has 1 aromatic carbocycles. The molecule has 4 N–H and O–H groups in total. The van der Waals surface area contributed by atoms with Crippen LogP contribution in [0.4, 0.5) is 0 Å². The highest BCUT2D eigenvalue weighted by atomic mass is 16.4. The van der Waals surface area contributed by atoms with E-state index < -0.39 is 23.2 Å². The van der Waals surface area contributed by atoms with Crippen LogP contribution in [0.25, 0.3) is 0 Å². The monoisotopic (exact) mass is 276 g/mol. The summed E-state index contributed by atoms with van der Waals surface area (Å²) in [6.07, 6.45) is 1.30. The zero-order valence-electron chi connectivity index (χ0n) is 10.9. The molecule has 0 atom stereocenters. The number of hydrogen-bond acceptors (Lipinski definition) is 3. The van der Waals surface area contributed by atoms with Crippen molar-refractivity contribution >= 4 is 17.8 Å². The van der Waals surface area contributed by atoms with E-state index in [0.717, 1.165) is 5.56 Å². The highest BCUT2D eigenvalue weighted by Gasteiger charge is 2.56. The van der Waals surface area contributed by atoms with Crippen molar-refractivity contribution in [2.24, 2.45) is 11.1 Å². The second-order valence-corrected chi connectivity index (χ2v) is 4.96. The third-order valence-corrected chi connectivity index (χ3v) is 3.50. The van der Waals surface area contributed by atoms with E-state index in [2.05, 4.69) is 5.32 Å². The van der Waals surface area contributed by atoms with Gasteiger partial charge in [0.1, 0.15) is 5.41 Å². The van der Waals surface area contributed by atoms with Gasteiger partial charge in [0, 0.05) is 12.1 Å². The topological polar surface area (TPSA) is 109 Å². The van der Waals surface area contributed by atoms with Crippen molar-refractivity contribution in [1.82, 2.24) is 5.32 Å². The number of carbonyl (C=O) groups excluding carboxylic acids is 2. The Hall–Kier alpha value is -2.37. The van der Waals surface area contributed by atoms with Crippen molar-refractivity contribution in [2.45, 2.75) is 19.3 Å². The standard InChI is InChI=1S/C14H16N2O4/c15-11(17)10-3-1-2-9(8-10)4-7-16-12(18)14(5-6-14)13(19)20/h1-3,8H,4-7H2,(H2,15,17)(H,16,18)(H,19,20). The van der Waals surface area contributed by atoms with E-state index in [0.29, 0.717) is 31.4 Å². The van der Waals surface area contributed by atoms with Gasteiger partial charge in [-0.3, -0.25) is 14.4 Å². The lowest BCUT2D eigenvalue weighted by atomic mass is 10.1. The number of hydrogen-bond donors (Lipinski definition) is 3. The first-order valence-electron chi connectivity index (χ1n) is 6.36. The fourth-order valence-electron chi connectivity index (χ4n) is 2.03. The van der Waals surface area contributed by atoms with Gasteiger partial charge in [-0.2, -0.15) is 0 Å².